The van der Waals surface area contributed by atoms with Crippen LogP contribution in [0.2, 0.25) is 0 Å². The number of ether oxygens (including phenoxy) is 1. The fourth-order valence-electron chi connectivity index (χ4n) is 3.33. The molecule has 0 N–H and O–H groups in total. The molecule has 128 valence electrons. The molecule has 1 aromatic rings. The van der Waals surface area contributed by atoms with Crippen molar-refractivity contribution >= 4 is 5.91 Å². The van der Waals surface area contributed by atoms with Gasteiger partial charge in [0.15, 0.2) is 5.67 Å². The maximum atomic E-state index is 15.1. The summed E-state index contributed by atoms with van der Waals surface area (Å²) >= 11 is 0. The molecule has 0 aromatic heterocycles. The van der Waals surface area contributed by atoms with E-state index in [1.54, 1.807) is 11.0 Å². The third-order valence-electron chi connectivity index (χ3n) is 4.79. The van der Waals surface area contributed by atoms with Crippen molar-refractivity contribution in [2.45, 2.75) is 25.1 Å². The number of amides is 1. The molecule has 2 heterocycles. The van der Waals surface area contributed by atoms with E-state index in [-0.39, 0.29) is 18.7 Å². The summed E-state index contributed by atoms with van der Waals surface area (Å²) in [5, 5.41) is 8.96. The van der Waals surface area contributed by atoms with Gasteiger partial charge in [0.2, 0.25) is 0 Å². The van der Waals surface area contributed by atoms with Crippen molar-refractivity contribution in [3.63, 3.8) is 0 Å². The zero-order valence-corrected chi connectivity index (χ0v) is 13.7. The third kappa shape index (κ3) is 3.74. The minimum absolute atomic E-state index is 0.223. The second-order valence-electron chi connectivity index (χ2n) is 6.46. The molecule has 2 aliphatic heterocycles. The number of morpholine rings is 1. The number of rotatable bonds is 3. The molecular weight excluding hydrogens is 309 g/mol. The first-order valence-corrected chi connectivity index (χ1v) is 8.38. The zero-order chi connectivity index (χ0) is 17.0. The first-order chi connectivity index (χ1) is 11.6. The highest BCUT2D eigenvalue weighted by Crippen LogP contribution is 2.30. The van der Waals surface area contributed by atoms with Crippen molar-refractivity contribution in [1.29, 1.82) is 5.26 Å². The molecule has 2 saturated heterocycles. The first kappa shape index (κ1) is 16.9. The van der Waals surface area contributed by atoms with Gasteiger partial charge in [0.1, 0.15) is 0 Å². The SMILES string of the molecule is N#Cc1cccc(CN2CCC(F)(C(=O)N3CCOCC3)CC2)c1. The van der Waals surface area contributed by atoms with Gasteiger partial charge in [0.25, 0.3) is 5.91 Å². The lowest BCUT2D eigenvalue weighted by molar-refractivity contribution is -0.151. The molecule has 0 saturated carbocycles. The fourth-order valence-corrected chi connectivity index (χ4v) is 3.33. The summed E-state index contributed by atoms with van der Waals surface area (Å²) in [6.07, 6.45) is 0.447. The number of benzene rings is 1. The molecule has 5 nitrogen and oxygen atoms in total. The topological polar surface area (TPSA) is 56.6 Å². The summed E-state index contributed by atoms with van der Waals surface area (Å²) in [6, 6.07) is 9.59. The number of carbonyl (C=O) groups excluding carboxylic acids is 1. The molecule has 1 aromatic carbocycles. The molecule has 0 bridgehead atoms. The lowest BCUT2D eigenvalue weighted by atomic mass is 9.91. The number of nitriles is 1. The Morgan fingerprint density at radius 2 is 1.96 bits per heavy atom. The van der Waals surface area contributed by atoms with Crippen LogP contribution >= 0.6 is 0 Å². The van der Waals surface area contributed by atoms with Gasteiger partial charge in [0, 0.05) is 45.6 Å². The van der Waals surface area contributed by atoms with Crippen molar-refractivity contribution in [3.05, 3.63) is 35.4 Å². The summed E-state index contributed by atoms with van der Waals surface area (Å²) < 4.78 is 20.3. The highest BCUT2D eigenvalue weighted by molar-refractivity contribution is 5.85. The van der Waals surface area contributed by atoms with Crippen molar-refractivity contribution in [3.8, 4) is 6.07 Å². The monoisotopic (exact) mass is 331 g/mol. The number of nitrogens with zero attached hydrogens (tertiary/aromatic N) is 3. The molecule has 3 rings (SSSR count). The molecule has 0 radical (unpaired) electrons. The Labute approximate surface area is 141 Å². The van der Waals surface area contributed by atoms with Gasteiger partial charge in [-0.2, -0.15) is 5.26 Å². The molecule has 2 fully saturated rings. The van der Waals surface area contributed by atoms with E-state index in [9.17, 15) is 4.79 Å². The Morgan fingerprint density at radius 3 is 2.62 bits per heavy atom. The Balaban J connectivity index is 1.56. The predicted molar refractivity (Wildman–Crippen MR) is 86.9 cm³/mol. The van der Waals surface area contributed by atoms with E-state index in [1.807, 2.05) is 18.2 Å². The molecule has 0 atom stereocenters. The second-order valence-corrected chi connectivity index (χ2v) is 6.46. The number of carbonyl (C=O) groups is 1. The van der Waals surface area contributed by atoms with Crippen LogP contribution in [-0.4, -0.2) is 60.8 Å². The molecule has 1 amide bonds. The van der Waals surface area contributed by atoms with Gasteiger partial charge < -0.3 is 9.64 Å². The van der Waals surface area contributed by atoms with Gasteiger partial charge in [-0.15, -0.1) is 0 Å². The van der Waals surface area contributed by atoms with E-state index < -0.39 is 5.67 Å². The molecule has 0 spiro atoms. The third-order valence-corrected chi connectivity index (χ3v) is 4.79. The Hall–Kier alpha value is -1.97. The largest absolute Gasteiger partial charge is 0.378 e. The smallest absolute Gasteiger partial charge is 0.260 e. The molecule has 0 unspecified atom stereocenters. The highest BCUT2D eigenvalue weighted by Gasteiger charge is 2.44. The van der Waals surface area contributed by atoms with Crippen LogP contribution in [0.15, 0.2) is 24.3 Å². The highest BCUT2D eigenvalue weighted by atomic mass is 19.1. The van der Waals surface area contributed by atoms with E-state index in [4.69, 9.17) is 10.00 Å². The molecule has 6 heteroatoms. The lowest BCUT2D eigenvalue weighted by Gasteiger charge is -2.39. The van der Waals surface area contributed by atoms with Crippen LogP contribution in [-0.2, 0) is 16.1 Å². The number of halogens is 1. The van der Waals surface area contributed by atoms with Crippen LogP contribution in [0.3, 0.4) is 0 Å². The van der Waals surface area contributed by atoms with Crippen LogP contribution in [0.25, 0.3) is 0 Å². The summed E-state index contributed by atoms with van der Waals surface area (Å²) in [6.45, 7) is 3.71. The molecular formula is C18H22FN3O2. The Bertz CT molecular complexity index is 629. The lowest BCUT2D eigenvalue weighted by Crippen LogP contribution is -2.54. The summed E-state index contributed by atoms with van der Waals surface area (Å²) in [5.74, 6) is -0.378. The number of alkyl halides is 1. The maximum Gasteiger partial charge on any atom is 0.260 e. The van der Waals surface area contributed by atoms with E-state index in [2.05, 4.69) is 11.0 Å². The van der Waals surface area contributed by atoms with Gasteiger partial charge in [-0.3, -0.25) is 9.69 Å². The molecule has 2 aliphatic rings. The van der Waals surface area contributed by atoms with E-state index in [0.717, 1.165) is 5.56 Å². The number of hydrogen-bond donors (Lipinski definition) is 0. The quantitative estimate of drug-likeness (QED) is 0.846. The van der Waals surface area contributed by atoms with E-state index >= 15 is 4.39 Å². The fraction of sp³-hybridized carbons (Fsp3) is 0.556. The van der Waals surface area contributed by atoms with Gasteiger partial charge in [-0.05, 0) is 17.7 Å². The minimum Gasteiger partial charge on any atom is -0.378 e. The number of hydrogen-bond acceptors (Lipinski definition) is 4. The Morgan fingerprint density at radius 1 is 1.25 bits per heavy atom. The summed E-state index contributed by atoms with van der Waals surface area (Å²) in [5.41, 5.74) is -0.0748. The van der Waals surface area contributed by atoms with Crippen molar-refractivity contribution in [2.75, 3.05) is 39.4 Å². The standard InChI is InChI=1S/C18H22FN3O2/c19-18(17(23)22-8-10-24-11-9-22)4-6-21(7-5-18)14-16-3-1-2-15(12-16)13-20/h1-3,12H,4-11,14H2. The first-order valence-electron chi connectivity index (χ1n) is 8.38. The van der Waals surface area contributed by atoms with E-state index in [0.29, 0.717) is 51.5 Å². The van der Waals surface area contributed by atoms with Gasteiger partial charge in [0.05, 0.1) is 24.8 Å². The van der Waals surface area contributed by atoms with Crippen LogP contribution in [0.4, 0.5) is 4.39 Å². The molecule has 24 heavy (non-hydrogen) atoms. The average molecular weight is 331 g/mol. The second kappa shape index (κ2) is 7.29. The van der Waals surface area contributed by atoms with E-state index in [1.165, 1.54) is 0 Å². The molecule has 0 aliphatic carbocycles. The van der Waals surface area contributed by atoms with Crippen molar-refractivity contribution in [2.24, 2.45) is 0 Å². The van der Waals surface area contributed by atoms with Gasteiger partial charge in [-0.25, -0.2) is 4.39 Å². The van der Waals surface area contributed by atoms with Crippen molar-refractivity contribution < 1.29 is 13.9 Å². The van der Waals surface area contributed by atoms with Crippen LogP contribution in [0.5, 0.6) is 0 Å². The van der Waals surface area contributed by atoms with Crippen LogP contribution in [0.1, 0.15) is 24.0 Å². The normalized spacial score (nSPS) is 21.2. The van der Waals surface area contributed by atoms with Crippen LogP contribution in [0, 0.1) is 11.3 Å². The maximum absolute atomic E-state index is 15.1. The number of piperidine rings is 1. The van der Waals surface area contributed by atoms with Gasteiger partial charge >= 0.3 is 0 Å². The summed E-state index contributed by atoms with van der Waals surface area (Å²) in [4.78, 5) is 16.2. The minimum atomic E-state index is -1.75. The summed E-state index contributed by atoms with van der Waals surface area (Å²) in [7, 11) is 0. The average Bonchev–Trinajstić information content (AvgIpc) is 2.64. The Kier molecular flexibility index (Phi) is 5.12. The number of likely N-dealkylation sites (tertiary alicyclic amines) is 1. The van der Waals surface area contributed by atoms with Crippen LogP contribution < -0.4 is 0 Å². The van der Waals surface area contributed by atoms with Crippen molar-refractivity contribution in [1.82, 2.24) is 9.80 Å². The predicted octanol–water partition coefficient (Wildman–Crippen LogP) is 1.72. The zero-order valence-electron chi connectivity index (χ0n) is 13.7. The van der Waals surface area contributed by atoms with Gasteiger partial charge in [-0.1, -0.05) is 12.1 Å².